The Kier molecular flexibility index (Phi) is 6.06. The number of rotatable bonds is 5. The van der Waals surface area contributed by atoms with Gasteiger partial charge in [-0.2, -0.15) is 0 Å². The molecule has 1 saturated carbocycles. The Morgan fingerprint density at radius 1 is 1.35 bits per heavy atom. The van der Waals surface area contributed by atoms with Crippen molar-refractivity contribution >= 4 is 17.7 Å². The first-order valence-corrected chi connectivity index (χ1v) is 7.95. The van der Waals surface area contributed by atoms with Crippen LogP contribution in [-0.4, -0.2) is 13.1 Å². The fourth-order valence-corrected chi connectivity index (χ4v) is 3.11. The van der Waals surface area contributed by atoms with E-state index in [0.29, 0.717) is 16.5 Å². The lowest BCUT2D eigenvalue weighted by atomic mass is 9.83. The Hall–Kier alpha value is -0.860. The molecule has 0 amide bonds. The third-order valence-electron chi connectivity index (χ3n) is 4.04. The van der Waals surface area contributed by atoms with Crippen molar-refractivity contribution in [3.63, 3.8) is 0 Å². The number of benzene rings is 1. The van der Waals surface area contributed by atoms with Crippen LogP contribution in [0.25, 0.3) is 6.08 Å². The molecule has 1 aromatic carbocycles. The SMILES string of the molecule is CCNC/C(=C/c1c(F)cccc1Cl)C1CCCCC1. The van der Waals surface area contributed by atoms with Crippen molar-refractivity contribution < 1.29 is 4.39 Å². The van der Waals surface area contributed by atoms with Crippen molar-refractivity contribution in [2.45, 2.75) is 39.0 Å². The van der Waals surface area contributed by atoms with E-state index in [-0.39, 0.29) is 5.82 Å². The molecule has 110 valence electrons. The number of hydrogen-bond donors (Lipinski definition) is 1. The van der Waals surface area contributed by atoms with E-state index in [9.17, 15) is 4.39 Å². The third kappa shape index (κ3) is 4.07. The van der Waals surface area contributed by atoms with E-state index in [4.69, 9.17) is 11.6 Å². The predicted octanol–water partition coefficient (Wildman–Crippen LogP) is 5.05. The fourth-order valence-electron chi connectivity index (χ4n) is 2.89. The lowest BCUT2D eigenvalue weighted by Crippen LogP contribution is -2.22. The number of halogens is 2. The van der Waals surface area contributed by atoms with Crippen molar-refractivity contribution in [3.05, 3.63) is 40.2 Å². The molecule has 0 spiro atoms. The first kappa shape index (κ1) is 15.5. The third-order valence-corrected chi connectivity index (χ3v) is 4.37. The van der Waals surface area contributed by atoms with Gasteiger partial charge < -0.3 is 5.32 Å². The van der Waals surface area contributed by atoms with E-state index in [2.05, 4.69) is 12.2 Å². The number of nitrogens with one attached hydrogen (secondary N) is 1. The van der Waals surface area contributed by atoms with Crippen molar-refractivity contribution in [1.29, 1.82) is 0 Å². The van der Waals surface area contributed by atoms with E-state index in [0.717, 1.165) is 13.1 Å². The quantitative estimate of drug-likeness (QED) is 0.801. The molecule has 0 aromatic heterocycles. The molecule has 1 N–H and O–H groups in total. The van der Waals surface area contributed by atoms with Crippen LogP contribution in [0.5, 0.6) is 0 Å². The fraction of sp³-hybridized carbons (Fsp3) is 0.529. The van der Waals surface area contributed by atoms with Gasteiger partial charge in [0.25, 0.3) is 0 Å². The van der Waals surface area contributed by atoms with Crippen LogP contribution in [-0.2, 0) is 0 Å². The minimum Gasteiger partial charge on any atom is -0.313 e. The largest absolute Gasteiger partial charge is 0.313 e. The van der Waals surface area contributed by atoms with Crippen LogP contribution in [0.1, 0.15) is 44.6 Å². The zero-order valence-electron chi connectivity index (χ0n) is 12.1. The van der Waals surface area contributed by atoms with Crippen molar-refractivity contribution in [2.24, 2.45) is 5.92 Å². The van der Waals surface area contributed by atoms with Crippen LogP contribution >= 0.6 is 11.6 Å². The van der Waals surface area contributed by atoms with E-state index < -0.39 is 0 Å². The molecule has 1 fully saturated rings. The van der Waals surface area contributed by atoms with Gasteiger partial charge in [0.1, 0.15) is 5.82 Å². The van der Waals surface area contributed by atoms with Gasteiger partial charge in [0, 0.05) is 12.1 Å². The normalized spacial score (nSPS) is 17.4. The first-order valence-electron chi connectivity index (χ1n) is 7.57. The van der Waals surface area contributed by atoms with Gasteiger partial charge in [-0.15, -0.1) is 0 Å². The monoisotopic (exact) mass is 295 g/mol. The Morgan fingerprint density at radius 2 is 2.10 bits per heavy atom. The van der Waals surface area contributed by atoms with E-state index in [1.165, 1.54) is 43.7 Å². The molecular weight excluding hydrogens is 273 g/mol. The Labute approximate surface area is 126 Å². The molecule has 0 atom stereocenters. The average molecular weight is 296 g/mol. The zero-order valence-corrected chi connectivity index (χ0v) is 12.8. The molecule has 1 aromatic rings. The molecule has 3 heteroatoms. The molecule has 1 aliphatic carbocycles. The second-order valence-electron chi connectivity index (χ2n) is 5.47. The van der Waals surface area contributed by atoms with Crippen LogP contribution in [0.3, 0.4) is 0 Å². The van der Waals surface area contributed by atoms with Gasteiger partial charge in [-0.1, -0.05) is 49.4 Å². The molecule has 1 aliphatic rings. The van der Waals surface area contributed by atoms with E-state index in [1.807, 2.05) is 6.08 Å². The van der Waals surface area contributed by atoms with Gasteiger partial charge in [-0.25, -0.2) is 4.39 Å². The highest BCUT2D eigenvalue weighted by Crippen LogP contribution is 2.32. The maximum Gasteiger partial charge on any atom is 0.131 e. The summed E-state index contributed by atoms with van der Waals surface area (Å²) in [6, 6.07) is 4.88. The molecule has 0 radical (unpaired) electrons. The predicted molar refractivity (Wildman–Crippen MR) is 84.5 cm³/mol. The minimum absolute atomic E-state index is 0.234. The summed E-state index contributed by atoms with van der Waals surface area (Å²) in [5.41, 5.74) is 1.83. The summed E-state index contributed by atoms with van der Waals surface area (Å²) >= 11 is 6.14. The molecule has 0 saturated heterocycles. The molecule has 0 bridgehead atoms. The highest BCUT2D eigenvalue weighted by atomic mass is 35.5. The minimum atomic E-state index is -0.234. The van der Waals surface area contributed by atoms with Gasteiger partial charge in [0.15, 0.2) is 0 Å². The molecule has 0 unspecified atom stereocenters. The van der Waals surface area contributed by atoms with Crippen LogP contribution in [0.2, 0.25) is 5.02 Å². The Balaban J connectivity index is 2.26. The molecule has 0 aliphatic heterocycles. The van der Waals surface area contributed by atoms with Gasteiger partial charge >= 0.3 is 0 Å². The molecule has 0 heterocycles. The molecule has 1 nitrogen and oxygen atoms in total. The maximum atomic E-state index is 14.0. The average Bonchev–Trinajstić information content (AvgIpc) is 2.47. The van der Waals surface area contributed by atoms with Crippen LogP contribution < -0.4 is 5.32 Å². The topological polar surface area (TPSA) is 12.0 Å². The second-order valence-corrected chi connectivity index (χ2v) is 5.88. The maximum absolute atomic E-state index is 14.0. The number of likely N-dealkylation sites (N-methyl/N-ethyl adjacent to an activating group) is 1. The summed E-state index contributed by atoms with van der Waals surface area (Å²) in [5.74, 6) is 0.334. The Bertz CT molecular complexity index is 444. The summed E-state index contributed by atoms with van der Waals surface area (Å²) in [7, 11) is 0. The van der Waals surface area contributed by atoms with Crippen molar-refractivity contribution in [1.82, 2.24) is 5.32 Å². The summed E-state index contributed by atoms with van der Waals surface area (Å²) in [6.07, 6.45) is 8.27. The second kappa shape index (κ2) is 7.80. The highest BCUT2D eigenvalue weighted by Gasteiger charge is 2.18. The lowest BCUT2D eigenvalue weighted by molar-refractivity contribution is 0.397. The number of hydrogen-bond acceptors (Lipinski definition) is 1. The van der Waals surface area contributed by atoms with Gasteiger partial charge in [-0.05, 0) is 43.5 Å². The first-order chi connectivity index (χ1) is 9.72. The summed E-state index contributed by atoms with van der Waals surface area (Å²) < 4.78 is 14.0. The van der Waals surface area contributed by atoms with Crippen LogP contribution in [0.15, 0.2) is 23.8 Å². The van der Waals surface area contributed by atoms with Gasteiger partial charge in [0.05, 0.1) is 5.02 Å². The standard InChI is InChI=1S/C17H23ClFN/c1-2-20-12-14(13-7-4-3-5-8-13)11-15-16(18)9-6-10-17(15)19/h6,9-11,13,20H,2-5,7-8,12H2,1H3/b14-11-. The van der Waals surface area contributed by atoms with Crippen molar-refractivity contribution in [2.75, 3.05) is 13.1 Å². The van der Waals surface area contributed by atoms with Gasteiger partial charge in [-0.3, -0.25) is 0 Å². The van der Waals surface area contributed by atoms with Crippen LogP contribution in [0.4, 0.5) is 4.39 Å². The summed E-state index contributed by atoms with van der Waals surface area (Å²) in [6.45, 7) is 3.84. The van der Waals surface area contributed by atoms with Crippen molar-refractivity contribution in [3.8, 4) is 0 Å². The Morgan fingerprint density at radius 3 is 2.75 bits per heavy atom. The molecule has 20 heavy (non-hydrogen) atoms. The van der Waals surface area contributed by atoms with E-state index >= 15 is 0 Å². The zero-order chi connectivity index (χ0) is 14.4. The van der Waals surface area contributed by atoms with Crippen LogP contribution in [0, 0.1) is 11.7 Å². The van der Waals surface area contributed by atoms with E-state index in [1.54, 1.807) is 12.1 Å². The summed E-state index contributed by atoms with van der Waals surface area (Å²) in [5, 5.41) is 3.87. The molecular formula is C17H23ClFN. The van der Waals surface area contributed by atoms with Gasteiger partial charge in [0.2, 0.25) is 0 Å². The highest BCUT2D eigenvalue weighted by molar-refractivity contribution is 6.32. The lowest BCUT2D eigenvalue weighted by Gasteiger charge is -2.25. The smallest absolute Gasteiger partial charge is 0.131 e. The summed E-state index contributed by atoms with van der Waals surface area (Å²) in [4.78, 5) is 0. The molecule has 2 rings (SSSR count).